The van der Waals surface area contributed by atoms with Crippen LogP contribution in [0.15, 0.2) is 24.3 Å². The van der Waals surface area contributed by atoms with Gasteiger partial charge in [0.25, 0.3) is 0 Å². The van der Waals surface area contributed by atoms with Crippen LogP contribution in [0, 0.1) is 5.92 Å². The summed E-state index contributed by atoms with van der Waals surface area (Å²) >= 11 is 0. The van der Waals surface area contributed by atoms with Crippen molar-refractivity contribution in [2.24, 2.45) is 11.7 Å². The summed E-state index contributed by atoms with van der Waals surface area (Å²) in [6, 6.07) is 7.61. The van der Waals surface area contributed by atoms with E-state index in [1.54, 1.807) is 7.11 Å². The lowest BCUT2D eigenvalue weighted by atomic mass is 9.94. The van der Waals surface area contributed by atoms with Crippen LogP contribution in [0.4, 0.5) is 0 Å². The quantitative estimate of drug-likeness (QED) is 0.788. The second kappa shape index (κ2) is 7.01. The lowest BCUT2D eigenvalue weighted by Gasteiger charge is -2.17. The van der Waals surface area contributed by atoms with Gasteiger partial charge in [-0.3, -0.25) is 4.79 Å². The number of methoxy groups -OCH3 is 2. The molecule has 0 aliphatic heterocycles. The maximum Gasteiger partial charge on any atom is 0.305 e. The van der Waals surface area contributed by atoms with Crippen LogP contribution < -0.4 is 10.5 Å². The number of carbonyl (C=O) groups excluding carboxylic acids is 1. The van der Waals surface area contributed by atoms with E-state index in [1.165, 1.54) is 7.11 Å². The molecular formula is C14H21NO3. The van der Waals surface area contributed by atoms with Crippen LogP contribution in [-0.2, 0) is 9.53 Å². The molecule has 1 rings (SSSR count). The lowest BCUT2D eigenvalue weighted by molar-refractivity contribution is -0.141. The van der Waals surface area contributed by atoms with Crippen LogP contribution in [0.25, 0.3) is 0 Å². The van der Waals surface area contributed by atoms with Gasteiger partial charge < -0.3 is 15.2 Å². The van der Waals surface area contributed by atoms with Crippen molar-refractivity contribution >= 4 is 5.97 Å². The topological polar surface area (TPSA) is 61.5 Å². The molecule has 4 nitrogen and oxygen atoms in total. The monoisotopic (exact) mass is 251 g/mol. The Hall–Kier alpha value is -1.55. The van der Waals surface area contributed by atoms with Gasteiger partial charge in [-0.1, -0.05) is 19.1 Å². The van der Waals surface area contributed by atoms with E-state index in [-0.39, 0.29) is 17.9 Å². The zero-order valence-corrected chi connectivity index (χ0v) is 11.2. The van der Waals surface area contributed by atoms with Gasteiger partial charge in [-0.2, -0.15) is 0 Å². The number of hydrogen-bond acceptors (Lipinski definition) is 4. The van der Waals surface area contributed by atoms with Gasteiger partial charge in [0.1, 0.15) is 5.75 Å². The van der Waals surface area contributed by atoms with E-state index in [2.05, 4.69) is 4.74 Å². The fourth-order valence-electron chi connectivity index (χ4n) is 1.87. The second-order valence-corrected chi connectivity index (χ2v) is 4.50. The summed E-state index contributed by atoms with van der Waals surface area (Å²) < 4.78 is 9.74. The summed E-state index contributed by atoms with van der Waals surface area (Å²) in [5, 5.41) is 0. The highest BCUT2D eigenvalue weighted by molar-refractivity contribution is 5.69. The molecule has 0 aromatic heterocycles. The summed E-state index contributed by atoms with van der Waals surface area (Å²) in [4.78, 5) is 11.1. The molecule has 1 aromatic rings. The molecule has 0 saturated carbocycles. The normalized spacial score (nSPS) is 13.8. The summed E-state index contributed by atoms with van der Waals surface area (Å²) in [7, 11) is 3.03. The molecule has 0 aliphatic carbocycles. The Kier molecular flexibility index (Phi) is 5.65. The third kappa shape index (κ3) is 4.37. The van der Waals surface area contributed by atoms with Gasteiger partial charge in [0.05, 0.1) is 14.2 Å². The minimum atomic E-state index is -0.190. The second-order valence-electron chi connectivity index (χ2n) is 4.50. The fraction of sp³-hybridized carbons (Fsp3) is 0.500. The van der Waals surface area contributed by atoms with Crippen LogP contribution in [0.3, 0.4) is 0 Å². The van der Waals surface area contributed by atoms with Gasteiger partial charge >= 0.3 is 5.97 Å². The van der Waals surface area contributed by atoms with Gasteiger partial charge in [-0.15, -0.1) is 0 Å². The molecule has 0 amide bonds. The summed E-state index contributed by atoms with van der Waals surface area (Å²) in [5.74, 6) is 0.826. The smallest absolute Gasteiger partial charge is 0.305 e. The minimum absolute atomic E-state index is 0.0736. The first-order valence-corrected chi connectivity index (χ1v) is 6.03. The highest BCUT2D eigenvalue weighted by Crippen LogP contribution is 2.23. The molecule has 100 valence electrons. The zero-order valence-electron chi connectivity index (χ0n) is 11.2. The van der Waals surface area contributed by atoms with Crippen LogP contribution in [0.1, 0.15) is 31.4 Å². The number of hydrogen-bond donors (Lipinski definition) is 1. The van der Waals surface area contributed by atoms with Crippen molar-refractivity contribution in [3.8, 4) is 5.75 Å². The maximum absolute atomic E-state index is 11.1. The van der Waals surface area contributed by atoms with Gasteiger partial charge in [0.2, 0.25) is 0 Å². The van der Waals surface area contributed by atoms with E-state index in [4.69, 9.17) is 10.5 Å². The van der Waals surface area contributed by atoms with Crippen molar-refractivity contribution in [2.45, 2.75) is 25.8 Å². The van der Waals surface area contributed by atoms with Gasteiger partial charge in [0.15, 0.2) is 0 Å². The number of benzene rings is 1. The first-order chi connectivity index (χ1) is 8.56. The van der Waals surface area contributed by atoms with Crippen molar-refractivity contribution < 1.29 is 14.3 Å². The van der Waals surface area contributed by atoms with Gasteiger partial charge in [0, 0.05) is 12.5 Å². The SMILES string of the molecule is COC(=O)CC(C)CC(N)c1ccc(OC)cc1. The molecule has 2 N–H and O–H groups in total. The Labute approximate surface area is 108 Å². The van der Waals surface area contributed by atoms with Crippen molar-refractivity contribution in [1.82, 2.24) is 0 Å². The van der Waals surface area contributed by atoms with Crippen molar-refractivity contribution in [3.63, 3.8) is 0 Å². The average molecular weight is 251 g/mol. The molecule has 0 fully saturated rings. The minimum Gasteiger partial charge on any atom is -0.497 e. The molecule has 0 heterocycles. The standard InChI is InChI=1S/C14H21NO3/c1-10(9-14(16)18-3)8-13(15)11-4-6-12(17-2)7-5-11/h4-7,10,13H,8-9,15H2,1-3H3. The Balaban J connectivity index is 2.53. The Morgan fingerprint density at radius 3 is 2.39 bits per heavy atom. The third-order valence-corrected chi connectivity index (χ3v) is 2.94. The predicted molar refractivity (Wildman–Crippen MR) is 70.3 cm³/mol. The number of carbonyl (C=O) groups is 1. The highest BCUT2D eigenvalue weighted by atomic mass is 16.5. The molecule has 2 atom stereocenters. The molecule has 1 aromatic carbocycles. The Bertz CT molecular complexity index is 375. The van der Waals surface area contributed by atoms with Gasteiger partial charge in [-0.25, -0.2) is 0 Å². The molecular weight excluding hydrogens is 230 g/mol. The Morgan fingerprint density at radius 2 is 1.89 bits per heavy atom. The number of esters is 1. The van der Waals surface area contributed by atoms with E-state index in [1.807, 2.05) is 31.2 Å². The van der Waals surface area contributed by atoms with Crippen LogP contribution in [0.2, 0.25) is 0 Å². The fourth-order valence-corrected chi connectivity index (χ4v) is 1.87. The van der Waals surface area contributed by atoms with E-state index in [0.29, 0.717) is 6.42 Å². The van der Waals surface area contributed by atoms with E-state index < -0.39 is 0 Å². The molecule has 18 heavy (non-hydrogen) atoms. The average Bonchev–Trinajstić information content (AvgIpc) is 2.38. The van der Waals surface area contributed by atoms with Crippen molar-refractivity contribution in [1.29, 1.82) is 0 Å². The van der Waals surface area contributed by atoms with Crippen molar-refractivity contribution in [2.75, 3.05) is 14.2 Å². The molecule has 0 spiro atoms. The van der Waals surface area contributed by atoms with E-state index in [9.17, 15) is 4.79 Å². The summed E-state index contributed by atoms with van der Waals surface area (Å²) in [5.41, 5.74) is 7.16. The summed E-state index contributed by atoms with van der Waals surface area (Å²) in [6.07, 6.45) is 1.15. The number of ether oxygens (including phenoxy) is 2. The third-order valence-electron chi connectivity index (χ3n) is 2.94. The van der Waals surface area contributed by atoms with E-state index in [0.717, 1.165) is 17.7 Å². The molecule has 2 unspecified atom stereocenters. The van der Waals surface area contributed by atoms with Crippen LogP contribution in [0.5, 0.6) is 5.75 Å². The Morgan fingerprint density at radius 1 is 1.28 bits per heavy atom. The summed E-state index contributed by atoms with van der Waals surface area (Å²) in [6.45, 7) is 2.00. The van der Waals surface area contributed by atoms with Crippen LogP contribution in [-0.4, -0.2) is 20.2 Å². The zero-order chi connectivity index (χ0) is 13.5. The highest BCUT2D eigenvalue weighted by Gasteiger charge is 2.14. The number of rotatable bonds is 6. The van der Waals surface area contributed by atoms with Gasteiger partial charge in [-0.05, 0) is 30.0 Å². The molecule has 0 saturated heterocycles. The lowest BCUT2D eigenvalue weighted by Crippen LogP contribution is -2.16. The first-order valence-electron chi connectivity index (χ1n) is 6.03. The first kappa shape index (κ1) is 14.5. The molecule has 0 aliphatic rings. The molecule has 0 bridgehead atoms. The molecule has 0 radical (unpaired) electrons. The maximum atomic E-state index is 11.1. The van der Waals surface area contributed by atoms with Crippen LogP contribution >= 0.6 is 0 Å². The largest absolute Gasteiger partial charge is 0.497 e. The van der Waals surface area contributed by atoms with E-state index >= 15 is 0 Å². The predicted octanol–water partition coefficient (Wildman–Crippen LogP) is 2.28. The molecule has 4 heteroatoms. The van der Waals surface area contributed by atoms with Crippen molar-refractivity contribution in [3.05, 3.63) is 29.8 Å². The number of nitrogens with two attached hydrogens (primary N) is 1.